The summed E-state index contributed by atoms with van der Waals surface area (Å²) >= 11 is 6.32. The summed E-state index contributed by atoms with van der Waals surface area (Å²) < 4.78 is 12.9. The van der Waals surface area contributed by atoms with Crippen LogP contribution in [0.15, 0.2) is 48.5 Å². The minimum atomic E-state index is -0.274. The monoisotopic (exact) mass is 360 g/mol. The first kappa shape index (κ1) is 17.9. The van der Waals surface area contributed by atoms with Crippen molar-refractivity contribution in [3.8, 4) is 0 Å². The van der Waals surface area contributed by atoms with Crippen LogP contribution in [0.25, 0.3) is 0 Å². The van der Waals surface area contributed by atoms with E-state index in [1.54, 1.807) is 12.1 Å². The molecule has 3 rings (SSSR count). The minimum Gasteiger partial charge on any atom is -0.351 e. The number of rotatable bonds is 7. The van der Waals surface area contributed by atoms with Gasteiger partial charge in [0.1, 0.15) is 5.82 Å². The Balaban J connectivity index is 1.60. The van der Waals surface area contributed by atoms with Crippen LogP contribution in [0.4, 0.5) is 4.39 Å². The highest BCUT2D eigenvalue weighted by Gasteiger charge is 2.34. The quantitative estimate of drug-likeness (QED) is 0.797. The molecule has 3 nitrogen and oxygen atoms in total. The van der Waals surface area contributed by atoms with Crippen LogP contribution in [-0.2, 0) is 11.3 Å². The first-order valence-corrected chi connectivity index (χ1v) is 8.93. The fourth-order valence-corrected chi connectivity index (χ4v) is 3.30. The van der Waals surface area contributed by atoms with Crippen molar-refractivity contribution in [3.63, 3.8) is 0 Å². The summed E-state index contributed by atoms with van der Waals surface area (Å²) in [6.45, 7) is 2.82. The number of carbonyl (C=O) groups is 1. The van der Waals surface area contributed by atoms with Crippen molar-refractivity contribution < 1.29 is 9.18 Å². The van der Waals surface area contributed by atoms with Gasteiger partial charge in [0.25, 0.3) is 0 Å². The highest BCUT2D eigenvalue weighted by molar-refractivity contribution is 6.31. The highest BCUT2D eigenvalue weighted by Crippen LogP contribution is 2.36. The van der Waals surface area contributed by atoms with Gasteiger partial charge in [-0.05, 0) is 49.1 Å². The molecular weight excluding hydrogens is 339 g/mol. The summed E-state index contributed by atoms with van der Waals surface area (Å²) in [5, 5.41) is 3.65. The van der Waals surface area contributed by atoms with Gasteiger partial charge in [0.15, 0.2) is 0 Å². The van der Waals surface area contributed by atoms with E-state index >= 15 is 0 Å². The number of benzene rings is 2. The standard InChI is InChI=1S/C20H22ClFN2O/c1-14(18-4-2-3-5-19(18)21)24(17-10-11-17)13-20(25)23-12-15-6-8-16(22)9-7-15/h2-9,14,17H,10-13H2,1H3,(H,23,25). The van der Waals surface area contributed by atoms with Crippen LogP contribution >= 0.6 is 11.6 Å². The Morgan fingerprint density at radius 1 is 1.24 bits per heavy atom. The van der Waals surface area contributed by atoms with E-state index < -0.39 is 0 Å². The average molecular weight is 361 g/mol. The van der Waals surface area contributed by atoms with E-state index in [4.69, 9.17) is 11.6 Å². The lowest BCUT2D eigenvalue weighted by Crippen LogP contribution is -2.39. The maximum Gasteiger partial charge on any atom is 0.234 e. The molecular formula is C20H22ClFN2O. The van der Waals surface area contributed by atoms with Crippen molar-refractivity contribution >= 4 is 17.5 Å². The number of hydrogen-bond acceptors (Lipinski definition) is 2. The molecule has 1 saturated carbocycles. The molecule has 5 heteroatoms. The molecule has 1 fully saturated rings. The van der Waals surface area contributed by atoms with Gasteiger partial charge in [0, 0.05) is 23.7 Å². The molecule has 0 radical (unpaired) electrons. The third kappa shape index (κ3) is 4.80. The molecule has 2 aromatic carbocycles. The van der Waals surface area contributed by atoms with E-state index in [9.17, 15) is 9.18 Å². The number of halogens is 2. The lowest BCUT2D eigenvalue weighted by molar-refractivity contribution is -0.123. The van der Waals surface area contributed by atoms with Gasteiger partial charge in [-0.15, -0.1) is 0 Å². The predicted molar refractivity (Wildman–Crippen MR) is 97.8 cm³/mol. The topological polar surface area (TPSA) is 32.3 Å². The molecule has 2 aromatic rings. The third-order valence-corrected chi connectivity index (χ3v) is 4.94. The Morgan fingerprint density at radius 3 is 2.56 bits per heavy atom. The Kier molecular flexibility index (Phi) is 5.71. The molecule has 0 aliphatic heterocycles. The Bertz CT molecular complexity index is 731. The van der Waals surface area contributed by atoms with Crippen LogP contribution in [-0.4, -0.2) is 23.4 Å². The Labute approximate surface area is 152 Å². The van der Waals surface area contributed by atoms with Crippen molar-refractivity contribution in [2.24, 2.45) is 0 Å². The lowest BCUT2D eigenvalue weighted by atomic mass is 10.1. The molecule has 1 aliphatic carbocycles. The van der Waals surface area contributed by atoms with Gasteiger partial charge in [0.2, 0.25) is 5.91 Å². The molecule has 132 valence electrons. The molecule has 25 heavy (non-hydrogen) atoms. The van der Waals surface area contributed by atoms with Crippen molar-refractivity contribution in [2.75, 3.05) is 6.54 Å². The molecule has 0 saturated heterocycles. The zero-order valence-corrected chi connectivity index (χ0v) is 15.0. The summed E-state index contributed by atoms with van der Waals surface area (Å²) in [6, 6.07) is 14.5. The molecule has 1 atom stereocenters. The first-order chi connectivity index (χ1) is 12.0. The number of nitrogens with one attached hydrogen (secondary N) is 1. The summed E-state index contributed by atoms with van der Waals surface area (Å²) in [4.78, 5) is 14.6. The van der Waals surface area contributed by atoms with Crippen molar-refractivity contribution in [1.29, 1.82) is 0 Å². The number of amides is 1. The summed E-state index contributed by atoms with van der Waals surface area (Å²) in [7, 11) is 0. The summed E-state index contributed by atoms with van der Waals surface area (Å²) in [6.07, 6.45) is 2.22. The largest absolute Gasteiger partial charge is 0.351 e. The molecule has 1 amide bonds. The smallest absolute Gasteiger partial charge is 0.234 e. The van der Waals surface area contributed by atoms with Crippen molar-refractivity contribution in [2.45, 2.75) is 38.4 Å². The van der Waals surface area contributed by atoms with Gasteiger partial charge in [-0.2, -0.15) is 0 Å². The van der Waals surface area contributed by atoms with Gasteiger partial charge in [-0.25, -0.2) is 4.39 Å². The van der Waals surface area contributed by atoms with E-state index in [-0.39, 0.29) is 17.8 Å². The van der Waals surface area contributed by atoms with Crippen LogP contribution in [0.2, 0.25) is 5.02 Å². The van der Waals surface area contributed by atoms with Gasteiger partial charge in [0.05, 0.1) is 6.54 Å². The van der Waals surface area contributed by atoms with E-state index in [0.717, 1.165) is 29.0 Å². The van der Waals surface area contributed by atoms with E-state index in [0.29, 0.717) is 19.1 Å². The second kappa shape index (κ2) is 7.98. The number of hydrogen-bond donors (Lipinski definition) is 1. The van der Waals surface area contributed by atoms with Crippen LogP contribution in [0.5, 0.6) is 0 Å². The molecule has 1 N–H and O–H groups in total. The SMILES string of the molecule is CC(c1ccccc1Cl)N(CC(=O)NCc1ccc(F)cc1)C1CC1. The maximum atomic E-state index is 12.9. The zero-order chi connectivity index (χ0) is 17.8. The Hall–Kier alpha value is -1.91. The van der Waals surface area contributed by atoms with E-state index in [1.165, 1.54) is 12.1 Å². The van der Waals surface area contributed by atoms with E-state index in [1.807, 2.05) is 24.3 Å². The molecule has 1 unspecified atom stereocenters. The second-order valence-corrected chi connectivity index (χ2v) is 6.91. The lowest BCUT2D eigenvalue weighted by Gasteiger charge is -2.29. The molecule has 0 heterocycles. The number of carbonyl (C=O) groups excluding carboxylic acids is 1. The summed E-state index contributed by atoms with van der Waals surface area (Å²) in [5.41, 5.74) is 1.93. The average Bonchev–Trinajstić information content (AvgIpc) is 3.44. The highest BCUT2D eigenvalue weighted by atomic mass is 35.5. The van der Waals surface area contributed by atoms with Crippen LogP contribution in [0.1, 0.15) is 36.9 Å². The van der Waals surface area contributed by atoms with Gasteiger partial charge >= 0.3 is 0 Å². The first-order valence-electron chi connectivity index (χ1n) is 8.56. The summed E-state index contributed by atoms with van der Waals surface area (Å²) in [5.74, 6) is -0.307. The third-order valence-electron chi connectivity index (χ3n) is 4.60. The van der Waals surface area contributed by atoms with Crippen molar-refractivity contribution in [3.05, 3.63) is 70.5 Å². The molecule has 0 aromatic heterocycles. The van der Waals surface area contributed by atoms with E-state index in [2.05, 4.69) is 17.1 Å². The fourth-order valence-electron chi connectivity index (χ4n) is 3.01. The minimum absolute atomic E-state index is 0.0323. The predicted octanol–water partition coefficient (Wildman–Crippen LogP) is 4.32. The second-order valence-electron chi connectivity index (χ2n) is 6.50. The molecule has 0 bridgehead atoms. The molecule has 1 aliphatic rings. The van der Waals surface area contributed by atoms with Crippen LogP contribution in [0, 0.1) is 5.82 Å². The van der Waals surface area contributed by atoms with Crippen LogP contribution in [0.3, 0.4) is 0 Å². The van der Waals surface area contributed by atoms with Crippen molar-refractivity contribution in [1.82, 2.24) is 10.2 Å². The van der Waals surface area contributed by atoms with Gasteiger partial charge in [-0.1, -0.05) is 41.9 Å². The number of nitrogens with zero attached hydrogens (tertiary/aromatic N) is 1. The van der Waals surface area contributed by atoms with Crippen LogP contribution < -0.4 is 5.32 Å². The normalized spacial score (nSPS) is 15.2. The van der Waals surface area contributed by atoms with Gasteiger partial charge < -0.3 is 5.32 Å². The maximum absolute atomic E-state index is 12.9. The van der Waals surface area contributed by atoms with Gasteiger partial charge in [-0.3, -0.25) is 9.69 Å². The zero-order valence-electron chi connectivity index (χ0n) is 14.2. The fraction of sp³-hybridized carbons (Fsp3) is 0.350. The molecule has 0 spiro atoms. The Morgan fingerprint density at radius 2 is 1.92 bits per heavy atom.